The highest BCUT2D eigenvalue weighted by atomic mass is 16.7. The first kappa shape index (κ1) is 21.4. The van der Waals surface area contributed by atoms with Crippen LogP contribution in [-0.4, -0.2) is 37.6 Å². The van der Waals surface area contributed by atoms with E-state index in [1.807, 2.05) is 50.2 Å². The van der Waals surface area contributed by atoms with Crippen molar-refractivity contribution in [3.8, 4) is 23.0 Å². The van der Waals surface area contributed by atoms with E-state index >= 15 is 0 Å². The molecule has 7 nitrogen and oxygen atoms in total. The Morgan fingerprint density at radius 1 is 1.13 bits per heavy atom. The summed E-state index contributed by atoms with van der Waals surface area (Å²) in [7, 11) is 1.54. The maximum Gasteiger partial charge on any atom is 0.256 e. The van der Waals surface area contributed by atoms with Gasteiger partial charge in [-0.15, -0.1) is 0 Å². The van der Waals surface area contributed by atoms with E-state index in [0.29, 0.717) is 35.9 Å². The average molecular weight is 410 g/mol. The monoisotopic (exact) mass is 410 g/mol. The number of benzene rings is 2. The number of nitrogens with zero attached hydrogens (tertiary/aromatic N) is 1. The Labute approximate surface area is 175 Å². The van der Waals surface area contributed by atoms with Crippen LogP contribution in [0.5, 0.6) is 11.6 Å². The van der Waals surface area contributed by atoms with Gasteiger partial charge in [-0.05, 0) is 49.2 Å². The maximum atomic E-state index is 12.4. The number of amides is 1. The minimum atomic E-state index is -0.119. The summed E-state index contributed by atoms with van der Waals surface area (Å²) >= 11 is 0. The molecule has 1 N–H and O–H groups in total. The fraction of sp³-hybridized carbons (Fsp3) is 0.304. The minimum Gasteiger partial charge on any atom is -0.491 e. The van der Waals surface area contributed by atoms with E-state index in [1.165, 1.54) is 0 Å². The molecule has 0 bridgehead atoms. The van der Waals surface area contributed by atoms with Crippen molar-refractivity contribution in [3.05, 3.63) is 65.7 Å². The summed E-state index contributed by atoms with van der Waals surface area (Å²) in [6.45, 7) is 4.56. The molecule has 0 radical (unpaired) electrons. The smallest absolute Gasteiger partial charge is 0.256 e. The maximum absolute atomic E-state index is 12.4. The van der Waals surface area contributed by atoms with Gasteiger partial charge in [0.25, 0.3) is 11.8 Å². The zero-order chi connectivity index (χ0) is 21.3. The van der Waals surface area contributed by atoms with Crippen LogP contribution in [0.15, 0.2) is 59.1 Å². The summed E-state index contributed by atoms with van der Waals surface area (Å²) in [4.78, 5) is 12.4. The van der Waals surface area contributed by atoms with E-state index in [2.05, 4.69) is 10.5 Å². The average Bonchev–Trinajstić information content (AvgIpc) is 3.21. The molecule has 1 aromatic heterocycles. The number of carbonyl (C=O) groups is 1. The van der Waals surface area contributed by atoms with Crippen LogP contribution in [0.25, 0.3) is 11.3 Å². The first-order valence-corrected chi connectivity index (χ1v) is 9.78. The number of hydrogen-bond acceptors (Lipinski definition) is 6. The molecule has 0 atom stereocenters. The third-order valence-electron chi connectivity index (χ3n) is 4.22. The highest BCUT2D eigenvalue weighted by molar-refractivity contribution is 5.94. The predicted molar refractivity (Wildman–Crippen MR) is 113 cm³/mol. The van der Waals surface area contributed by atoms with Crippen LogP contribution in [0.2, 0.25) is 0 Å². The summed E-state index contributed by atoms with van der Waals surface area (Å²) in [5.74, 6) is 1.56. The van der Waals surface area contributed by atoms with Crippen molar-refractivity contribution in [1.29, 1.82) is 0 Å². The third-order valence-corrected chi connectivity index (χ3v) is 4.22. The van der Waals surface area contributed by atoms with E-state index in [9.17, 15) is 4.79 Å². The van der Waals surface area contributed by atoms with Crippen molar-refractivity contribution < 1.29 is 23.5 Å². The number of nitrogens with one attached hydrogen (secondary N) is 1. The van der Waals surface area contributed by atoms with Gasteiger partial charge in [0, 0.05) is 30.8 Å². The lowest BCUT2D eigenvalue weighted by Crippen LogP contribution is -2.25. The van der Waals surface area contributed by atoms with Gasteiger partial charge < -0.3 is 24.1 Å². The quantitative estimate of drug-likeness (QED) is 0.507. The molecule has 1 amide bonds. The van der Waals surface area contributed by atoms with E-state index in [1.54, 1.807) is 25.3 Å². The third kappa shape index (κ3) is 6.09. The SMILES string of the molecule is COCOc1cc(-c2ccc(CCNC(=O)c3cccc(OC(C)C)c3)cc2)on1. The van der Waals surface area contributed by atoms with Gasteiger partial charge in [0.1, 0.15) is 5.75 Å². The molecule has 3 aromatic rings. The van der Waals surface area contributed by atoms with Crippen molar-refractivity contribution in [2.75, 3.05) is 20.4 Å². The Bertz CT molecular complexity index is 950. The summed E-state index contributed by atoms with van der Waals surface area (Å²) in [5.41, 5.74) is 2.58. The first-order chi connectivity index (χ1) is 14.5. The molecule has 0 fully saturated rings. The van der Waals surface area contributed by atoms with Crippen molar-refractivity contribution in [2.24, 2.45) is 0 Å². The van der Waals surface area contributed by atoms with Gasteiger partial charge in [-0.2, -0.15) is 0 Å². The van der Waals surface area contributed by atoms with E-state index < -0.39 is 0 Å². The van der Waals surface area contributed by atoms with Gasteiger partial charge >= 0.3 is 0 Å². The molecular formula is C23H26N2O5. The van der Waals surface area contributed by atoms with Gasteiger partial charge in [-0.1, -0.05) is 30.3 Å². The normalized spacial score (nSPS) is 10.8. The second kappa shape index (κ2) is 10.5. The number of methoxy groups -OCH3 is 1. The second-order valence-corrected chi connectivity index (χ2v) is 6.98. The molecule has 0 unspecified atom stereocenters. The Hall–Kier alpha value is -3.32. The number of carbonyl (C=O) groups excluding carboxylic acids is 1. The first-order valence-electron chi connectivity index (χ1n) is 9.78. The van der Waals surface area contributed by atoms with Crippen LogP contribution in [0.1, 0.15) is 29.8 Å². The number of rotatable bonds is 10. The van der Waals surface area contributed by atoms with E-state index in [4.69, 9.17) is 18.7 Å². The molecule has 0 aliphatic heterocycles. The lowest BCUT2D eigenvalue weighted by atomic mass is 10.1. The highest BCUT2D eigenvalue weighted by Crippen LogP contribution is 2.24. The summed E-state index contributed by atoms with van der Waals surface area (Å²) < 4.78 is 21.0. The Morgan fingerprint density at radius 2 is 1.93 bits per heavy atom. The molecule has 0 saturated carbocycles. The van der Waals surface area contributed by atoms with Gasteiger partial charge in [0.2, 0.25) is 0 Å². The van der Waals surface area contributed by atoms with Crippen molar-refractivity contribution in [2.45, 2.75) is 26.4 Å². The van der Waals surface area contributed by atoms with Gasteiger partial charge in [-0.25, -0.2) is 0 Å². The van der Waals surface area contributed by atoms with Crippen LogP contribution in [-0.2, 0) is 11.2 Å². The lowest BCUT2D eigenvalue weighted by Gasteiger charge is -2.11. The van der Waals surface area contributed by atoms with Crippen molar-refractivity contribution in [1.82, 2.24) is 10.5 Å². The van der Waals surface area contributed by atoms with Crippen LogP contribution in [0, 0.1) is 0 Å². The lowest BCUT2D eigenvalue weighted by molar-refractivity contribution is 0.0453. The number of aromatic nitrogens is 1. The molecule has 2 aromatic carbocycles. The molecule has 3 rings (SSSR count). The molecule has 0 aliphatic carbocycles. The summed E-state index contributed by atoms with van der Waals surface area (Å²) in [6.07, 6.45) is 0.778. The molecule has 0 saturated heterocycles. The fourth-order valence-electron chi connectivity index (χ4n) is 2.82. The van der Waals surface area contributed by atoms with Crippen LogP contribution < -0.4 is 14.8 Å². The Kier molecular flexibility index (Phi) is 7.45. The van der Waals surface area contributed by atoms with E-state index in [-0.39, 0.29) is 18.8 Å². The Balaban J connectivity index is 1.50. The minimum absolute atomic E-state index is 0.0627. The molecule has 30 heavy (non-hydrogen) atoms. The fourth-order valence-corrected chi connectivity index (χ4v) is 2.82. The van der Waals surface area contributed by atoms with Crippen LogP contribution in [0.3, 0.4) is 0 Å². The summed E-state index contributed by atoms with van der Waals surface area (Å²) in [5, 5.41) is 6.78. The van der Waals surface area contributed by atoms with Gasteiger partial charge in [0.05, 0.1) is 6.10 Å². The highest BCUT2D eigenvalue weighted by Gasteiger charge is 2.09. The largest absolute Gasteiger partial charge is 0.491 e. The van der Waals surface area contributed by atoms with Crippen molar-refractivity contribution in [3.63, 3.8) is 0 Å². The standard InChI is InChI=1S/C23H26N2O5/c1-16(2)29-20-6-4-5-19(13-20)23(26)24-12-11-17-7-9-18(10-8-17)21-14-22(25-30-21)28-15-27-3/h4-10,13-14,16H,11-12,15H2,1-3H3,(H,24,26). The number of hydrogen-bond donors (Lipinski definition) is 1. The second-order valence-electron chi connectivity index (χ2n) is 6.98. The Morgan fingerprint density at radius 3 is 2.67 bits per heavy atom. The van der Waals surface area contributed by atoms with Crippen molar-refractivity contribution >= 4 is 5.91 Å². The molecule has 0 spiro atoms. The number of ether oxygens (including phenoxy) is 3. The predicted octanol–water partition coefficient (Wildman–Crippen LogP) is 4.08. The molecule has 7 heteroatoms. The molecular weight excluding hydrogens is 384 g/mol. The van der Waals surface area contributed by atoms with Gasteiger partial charge in [-0.3, -0.25) is 4.79 Å². The van der Waals surface area contributed by atoms with E-state index in [0.717, 1.165) is 11.1 Å². The van der Waals surface area contributed by atoms with Crippen LogP contribution >= 0.6 is 0 Å². The van der Waals surface area contributed by atoms with Gasteiger partial charge in [0.15, 0.2) is 12.6 Å². The molecule has 0 aliphatic rings. The van der Waals surface area contributed by atoms with Crippen LogP contribution in [0.4, 0.5) is 0 Å². The molecule has 1 heterocycles. The molecule has 158 valence electrons. The topological polar surface area (TPSA) is 82.8 Å². The summed E-state index contributed by atoms with van der Waals surface area (Å²) in [6, 6.07) is 16.8. The zero-order valence-electron chi connectivity index (χ0n) is 17.4. The zero-order valence-corrected chi connectivity index (χ0v) is 17.4.